The highest BCUT2D eigenvalue weighted by Crippen LogP contribution is 2.26. The molecular formula is C30H36ClN3O5S. The number of ether oxygens (including phenoxy) is 1. The van der Waals surface area contributed by atoms with Crippen LogP contribution in [0.25, 0.3) is 0 Å². The van der Waals surface area contributed by atoms with Gasteiger partial charge in [0.15, 0.2) is 0 Å². The molecule has 2 amide bonds. The molecule has 0 saturated heterocycles. The zero-order chi connectivity index (χ0) is 29.5. The Labute approximate surface area is 241 Å². The predicted molar refractivity (Wildman–Crippen MR) is 158 cm³/mol. The van der Waals surface area contributed by atoms with Crippen molar-refractivity contribution in [3.63, 3.8) is 0 Å². The summed E-state index contributed by atoms with van der Waals surface area (Å²) in [5, 5.41) is 3.39. The third-order valence-corrected chi connectivity index (χ3v) is 7.98. The Morgan fingerprint density at radius 1 is 0.975 bits per heavy atom. The van der Waals surface area contributed by atoms with Gasteiger partial charge in [-0.25, -0.2) is 8.42 Å². The molecule has 3 aromatic rings. The van der Waals surface area contributed by atoms with E-state index in [1.54, 1.807) is 73.7 Å². The van der Waals surface area contributed by atoms with Crippen LogP contribution in [0.5, 0.6) is 5.75 Å². The number of benzene rings is 3. The van der Waals surface area contributed by atoms with Crippen molar-refractivity contribution in [1.82, 2.24) is 10.2 Å². The van der Waals surface area contributed by atoms with E-state index >= 15 is 0 Å². The first-order chi connectivity index (χ1) is 18.8. The molecule has 0 unspecified atom stereocenters. The van der Waals surface area contributed by atoms with E-state index in [9.17, 15) is 18.0 Å². The van der Waals surface area contributed by atoms with Gasteiger partial charge in [-0.2, -0.15) is 0 Å². The monoisotopic (exact) mass is 585 g/mol. The van der Waals surface area contributed by atoms with E-state index in [-0.39, 0.29) is 17.3 Å². The van der Waals surface area contributed by atoms with Crippen LogP contribution in [0.2, 0.25) is 5.02 Å². The van der Waals surface area contributed by atoms with Crippen LogP contribution in [-0.2, 0) is 26.2 Å². The summed E-state index contributed by atoms with van der Waals surface area (Å²) in [5.41, 5.74) is 0.500. The standard InChI is InChI=1S/C30H36ClN3O5S/c1-6-39-26-15-17-27(18-16-26)40(37,38)34(25-13-8-7-9-14-25)21-28(35)33(20-23-11-10-12-24(31)19-23)22(2)29(36)32-30(3,4)5/h7-19,22H,6,20-21H2,1-5H3,(H,32,36)/t22-/m1/s1. The van der Waals surface area contributed by atoms with E-state index in [0.29, 0.717) is 28.6 Å². The Morgan fingerprint density at radius 3 is 2.20 bits per heavy atom. The highest BCUT2D eigenvalue weighted by Gasteiger charge is 2.33. The first-order valence-electron chi connectivity index (χ1n) is 13.0. The number of carbonyl (C=O) groups excluding carboxylic acids is 2. The minimum Gasteiger partial charge on any atom is -0.494 e. The van der Waals surface area contributed by atoms with Gasteiger partial charge in [0, 0.05) is 17.1 Å². The molecule has 214 valence electrons. The summed E-state index contributed by atoms with van der Waals surface area (Å²) in [7, 11) is -4.16. The van der Waals surface area contributed by atoms with Gasteiger partial charge in [0.05, 0.1) is 17.2 Å². The van der Waals surface area contributed by atoms with Gasteiger partial charge in [0.2, 0.25) is 11.8 Å². The number of anilines is 1. The molecule has 0 aliphatic carbocycles. The molecule has 1 N–H and O–H groups in total. The second kappa shape index (κ2) is 13.2. The predicted octanol–water partition coefficient (Wildman–Crippen LogP) is 5.27. The smallest absolute Gasteiger partial charge is 0.264 e. The van der Waals surface area contributed by atoms with Crippen LogP contribution in [0.15, 0.2) is 83.8 Å². The van der Waals surface area contributed by atoms with Crippen molar-refractivity contribution in [3.8, 4) is 5.75 Å². The molecule has 0 saturated carbocycles. The topological polar surface area (TPSA) is 96.0 Å². The second-order valence-electron chi connectivity index (χ2n) is 10.3. The molecule has 3 aromatic carbocycles. The van der Waals surface area contributed by atoms with Crippen LogP contribution in [0.4, 0.5) is 5.69 Å². The van der Waals surface area contributed by atoms with E-state index in [0.717, 1.165) is 4.31 Å². The average molecular weight is 586 g/mol. The largest absolute Gasteiger partial charge is 0.494 e. The van der Waals surface area contributed by atoms with Crippen LogP contribution < -0.4 is 14.4 Å². The third kappa shape index (κ3) is 8.22. The third-order valence-electron chi connectivity index (χ3n) is 5.95. The van der Waals surface area contributed by atoms with E-state index in [2.05, 4.69) is 5.32 Å². The molecule has 0 radical (unpaired) electrons. The lowest BCUT2D eigenvalue weighted by Gasteiger charge is -2.33. The van der Waals surface area contributed by atoms with Crippen molar-refractivity contribution in [3.05, 3.63) is 89.4 Å². The quantitative estimate of drug-likeness (QED) is 0.331. The Balaban J connectivity index is 2.00. The maximum Gasteiger partial charge on any atom is 0.264 e. The maximum atomic E-state index is 13.9. The highest BCUT2D eigenvalue weighted by molar-refractivity contribution is 7.92. The Hall–Kier alpha value is -3.56. The van der Waals surface area contributed by atoms with Gasteiger partial charge in [-0.1, -0.05) is 41.9 Å². The maximum absolute atomic E-state index is 13.9. The van der Waals surface area contributed by atoms with E-state index in [4.69, 9.17) is 16.3 Å². The van der Waals surface area contributed by atoms with Crippen molar-refractivity contribution >= 4 is 39.1 Å². The van der Waals surface area contributed by atoms with Gasteiger partial charge < -0.3 is 15.0 Å². The molecule has 10 heteroatoms. The Bertz CT molecular complexity index is 1410. The fourth-order valence-electron chi connectivity index (χ4n) is 4.01. The van der Waals surface area contributed by atoms with E-state index < -0.39 is 34.1 Å². The number of rotatable bonds is 11. The summed E-state index contributed by atoms with van der Waals surface area (Å²) in [6, 6.07) is 20.5. The molecule has 0 aliphatic rings. The lowest BCUT2D eigenvalue weighted by Crippen LogP contribution is -2.54. The number of nitrogens with zero attached hydrogens (tertiary/aromatic N) is 2. The van der Waals surface area contributed by atoms with Crippen molar-refractivity contribution in [1.29, 1.82) is 0 Å². The van der Waals surface area contributed by atoms with Gasteiger partial charge in [-0.05, 0) is 88.7 Å². The summed E-state index contributed by atoms with van der Waals surface area (Å²) in [4.78, 5) is 28.5. The van der Waals surface area contributed by atoms with Crippen LogP contribution in [-0.4, -0.2) is 49.9 Å². The van der Waals surface area contributed by atoms with Crippen molar-refractivity contribution in [2.24, 2.45) is 0 Å². The lowest BCUT2D eigenvalue weighted by atomic mass is 10.1. The van der Waals surface area contributed by atoms with Gasteiger partial charge in [-0.15, -0.1) is 0 Å². The molecule has 0 fully saturated rings. The minimum atomic E-state index is -4.16. The van der Waals surface area contributed by atoms with Crippen LogP contribution in [0, 0.1) is 0 Å². The zero-order valence-electron chi connectivity index (χ0n) is 23.4. The van der Waals surface area contributed by atoms with Gasteiger partial charge in [0.1, 0.15) is 18.3 Å². The summed E-state index contributed by atoms with van der Waals surface area (Å²) in [5.74, 6) is -0.367. The number of para-hydroxylation sites is 1. The minimum absolute atomic E-state index is 0.00696. The van der Waals surface area contributed by atoms with E-state index in [1.165, 1.54) is 17.0 Å². The number of hydrogen-bond acceptors (Lipinski definition) is 5. The number of amides is 2. The fraction of sp³-hybridized carbons (Fsp3) is 0.333. The van der Waals surface area contributed by atoms with Crippen molar-refractivity contribution in [2.45, 2.75) is 57.6 Å². The SMILES string of the molecule is CCOc1ccc(S(=O)(=O)N(CC(=O)N(Cc2cccc(Cl)c2)[C@H](C)C(=O)NC(C)(C)C)c2ccccc2)cc1. The molecule has 0 aliphatic heterocycles. The Morgan fingerprint density at radius 2 is 1.62 bits per heavy atom. The summed E-state index contributed by atoms with van der Waals surface area (Å²) in [6.07, 6.45) is 0. The number of halogens is 1. The molecule has 1 atom stereocenters. The van der Waals surface area contributed by atoms with Crippen molar-refractivity contribution < 1.29 is 22.7 Å². The summed E-state index contributed by atoms with van der Waals surface area (Å²) >= 11 is 6.18. The molecule has 8 nitrogen and oxygen atoms in total. The highest BCUT2D eigenvalue weighted by atomic mass is 35.5. The molecule has 0 aromatic heterocycles. The fourth-order valence-corrected chi connectivity index (χ4v) is 5.64. The molecule has 3 rings (SSSR count). The molecular weight excluding hydrogens is 550 g/mol. The summed E-state index contributed by atoms with van der Waals surface area (Å²) in [6.45, 7) is 8.99. The number of hydrogen-bond donors (Lipinski definition) is 1. The zero-order valence-corrected chi connectivity index (χ0v) is 25.0. The van der Waals surface area contributed by atoms with Crippen LogP contribution in [0.3, 0.4) is 0 Å². The van der Waals surface area contributed by atoms with Gasteiger partial charge in [-0.3, -0.25) is 13.9 Å². The van der Waals surface area contributed by atoms with Crippen LogP contribution in [0.1, 0.15) is 40.2 Å². The first-order valence-corrected chi connectivity index (χ1v) is 14.8. The van der Waals surface area contributed by atoms with Gasteiger partial charge >= 0.3 is 0 Å². The Kier molecular flexibility index (Phi) is 10.2. The van der Waals surface area contributed by atoms with Crippen molar-refractivity contribution in [2.75, 3.05) is 17.5 Å². The molecule has 0 heterocycles. The first kappa shape index (κ1) is 31.0. The molecule has 40 heavy (non-hydrogen) atoms. The second-order valence-corrected chi connectivity index (χ2v) is 12.6. The van der Waals surface area contributed by atoms with Gasteiger partial charge in [0.25, 0.3) is 10.0 Å². The number of sulfonamides is 1. The summed E-state index contributed by atoms with van der Waals surface area (Å²) < 4.78 is 34.3. The average Bonchev–Trinajstić information content (AvgIpc) is 2.90. The van der Waals surface area contributed by atoms with Crippen LogP contribution >= 0.6 is 11.6 Å². The van der Waals surface area contributed by atoms with E-state index in [1.807, 2.05) is 27.7 Å². The molecule has 0 spiro atoms. The normalized spacial score (nSPS) is 12.3. The molecule has 0 bridgehead atoms. The number of nitrogens with one attached hydrogen (secondary N) is 1. The lowest BCUT2D eigenvalue weighted by molar-refractivity contribution is -0.140. The number of carbonyl (C=O) groups is 2.